The van der Waals surface area contributed by atoms with Crippen LogP contribution in [0, 0.1) is 0 Å². The molecule has 2 aromatic heterocycles. The Morgan fingerprint density at radius 2 is 1.60 bits per heavy atom. The molecule has 3 aromatic rings. The van der Waals surface area contributed by atoms with Crippen molar-refractivity contribution in [3.05, 3.63) is 63.1 Å². The molecule has 0 N–H and O–H groups in total. The zero-order valence-electron chi connectivity index (χ0n) is 22.1. The highest BCUT2D eigenvalue weighted by molar-refractivity contribution is 6.38. The average molecular weight is 674 g/mol. The summed E-state index contributed by atoms with van der Waals surface area (Å²) in [5.74, 6) is -0.331. The number of hydrogen-bond donors (Lipinski definition) is 0. The van der Waals surface area contributed by atoms with Crippen molar-refractivity contribution in [1.29, 1.82) is 0 Å². The van der Waals surface area contributed by atoms with Crippen molar-refractivity contribution in [2.45, 2.75) is 68.8 Å². The second-order valence-electron chi connectivity index (χ2n) is 10.4. The normalized spacial score (nSPS) is 18.6. The number of alkyl halides is 7. The quantitative estimate of drug-likeness (QED) is 0.187. The van der Waals surface area contributed by atoms with Crippen molar-refractivity contribution >= 4 is 40.7 Å². The fourth-order valence-electron chi connectivity index (χ4n) is 5.16. The Hall–Kier alpha value is -2.61. The van der Waals surface area contributed by atoms with Gasteiger partial charge in [-0.05, 0) is 50.8 Å². The van der Waals surface area contributed by atoms with E-state index in [4.69, 9.17) is 39.5 Å². The molecule has 2 atom stereocenters. The van der Waals surface area contributed by atoms with Crippen LogP contribution < -0.4 is 0 Å². The van der Waals surface area contributed by atoms with Gasteiger partial charge in [-0.3, -0.25) is 4.79 Å². The lowest BCUT2D eigenvalue weighted by molar-refractivity contribution is -0.348. The molecule has 43 heavy (non-hydrogen) atoms. The maximum atomic E-state index is 14.6. The monoisotopic (exact) mass is 672 g/mol. The number of nitrogens with zero attached hydrogens (tertiary/aromatic N) is 4. The van der Waals surface area contributed by atoms with E-state index in [0.29, 0.717) is 17.7 Å². The topological polar surface area (TPSA) is 60.2 Å². The summed E-state index contributed by atoms with van der Waals surface area (Å²) in [6, 6.07) is 1.75. The van der Waals surface area contributed by atoms with Crippen LogP contribution in [-0.4, -0.2) is 62.7 Å². The van der Waals surface area contributed by atoms with Crippen LogP contribution >= 0.6 is 34.8 Å². The molecule has 16 heteroatoms. The van der Waals surface area contributed by atoms with E-state index in [2.05, 4.69) is 10.1 Å². The van der Waals surface area contributed by atoms with Crippen molar-refractivity contribution in [2.75, 3.05) is 6.61 Å². The van der Waals surface area contributed by atoms with Crippen LogP contribution in [0.3, 0.4) is 0 Å². The van der Waals surface area contributed by atoms with Crippen LogP contribution in [0.4, 0.5) is 30.7 Å². The molecule has 1 aromatic carbocycles. The number of halogens is 10. The highest BCUT2D eigenvalue weighted by Crippen LogP contribution is 2.54. The number of carbonyl (C=O) groups excluding carboxylic acids is 1. The molecule has 1 aliphatic carbocycles. The highest BCUT2D eigenvalue weighted by Gasteiger charge is 2.73. The Balaban J connectivity index is 1.47. The number of ether oxygens (including phenoxy) is 1. The summed E-state index contributed by atoms with van der Waals surface area (Å²) in [5.41, 5.74) is -7.00. The predicted molar refractivity (Wildman–Crippen MR) is 144 cm³/mol. The zero-order chi connectivity index (χ0) is 31.5. The third-order valence-corrected chi connectivity index (χ3v) is 8.40. The largest absolute Gasteiger partial charge is 0.435 e. The molecule has 0 bridgehead atoms. The van der Waals surface area contributed by atoms with Gasteiger partial charge in [0.1, 0.15) is 10.8 Å². The zero-order valence-corrected chi connectivity index (χ0v) is 24.4. The highest BCUT2D eigenvalue weighted by atomic mass is 35.5. The number of pyridine rings is 1. The Morgan fingerprint density at radius 3 is 2.14 bits per heavy atom. The molecule has 3 heterocycles. The molecule has 1 saturated heterocycles. The molecule has 5 rings (SSSR count). The van der Waals surface area contributed by atoms with Gasteiger partial charge in [-0.2, -0.15) is 31.4 Å². The second-order valence-corrected chi connectivity index (χ2v) is 11.6. The first-order valence-electron chi connectivity index (χ1n) is 13.0. The third kappa shape index (κ3) is 5.81. The molecule has 1 saturated carbocycles. The SMILES string of the molecule is CC(C1CCCO1)N(C(=O)c1cc(-c2cnn(-c3c(Cl)cc(C(F)(C(F)(F)F)C(F)(F)F)cc3Cl)c2)cnc1Cl)C1CC1. The Morgan fingerprint density at radius 1 is 0.977 bits per heavy atom. The van der Waals surface area contributed by atoms with E-state index in [1.54, 1.807) is 4.90 Å². The van der Waals surface area contributed by atoms with Crippen molar-refractivity contribution < 1.29 is 40.3 Å². The Labute approximate surface area is 255 Å². The number of amides is 1. The van der Waals surface area contributed by atoms with Gasteiger partial charge in [0.25, 0.3) is 5.91 Å². The van der Waals surface area contributed by atoms with Gasteiger partial charge in [0.05, 0.1) is 34.0 Å². The first-order chi connectivity index (χ1) is 20.0. The van der Waals surface area contributed by atoms with Gasteiger partial charge >= 0.3 is 18.0 Å². The van der Waals surface area contributed by atoms with E-state index in [9.17, 15) is 35.5 Å². The number of hydrogen-bond acceptors (Lipinski definition) is 4. The average Bonchev–Trinajstić information content (AvgIpc) is 3.37. The van der Waals surface area contributed by atoms with Gasteiger partial charge in [0, 0.05) is 41.7 Å². The summed E-state index contributed by atoms with van der Waals surface area (Å²) in [5, 5.41) is 2.59. The lowest BCUT2D eigenvalue weighted by Crippen LogP contribution is -2.50. The number of benzene rings is 1. The predicted octanol–water partition coefficient (Wildman–Crippen LogP) is 8.36. The molecule has 2 aliphatic rings. The van der Waals surface area contributed by atoms with Gasteiger partial charge in [0.2, 0.25) is 0 Å². The van der Waals surface area contributed by atoms with Crippen molar-refractivity contribution in [3.63, 3.8) is 0 Å². The molecule has 2 fully saturated rings. The van der Waals surface area contributed by atoms with Crippen LogP contribution in [-0.2, 0) is 10.4 Å². The van der Waals surface area contributed by atoms with Gasteiger partial charge in [-0.1, -0.05) is 34.8 Å². The second kappa shape index (κ2) is 11.4. The molecule has 0 spiro atoms. The van der Waals surface area contributed by atoms with Crippen LogP contribution in [0.1, 0.15) is 48.5 Å². The van der Waals surface area contributed by atoms with Crippen LogP contribution in [0.2, 0.25) is 15.2 Å². The first-order valence-corrected chi connectivity index (χ1v) is 14.1. The molecule has 2 unspecified atom stereocenters. The minimum atomic E-state index is -6.34. The lowest BCUT2D eigenvalue weighted by atomic mass is 9.94. The molecule has 6 nitrogen and oxygen atoms in total. The summed E-state index contributed by atoms with van der Waals surface area (Å²) >= 11 is 18.4. The summed E-state index contributed by atoms with van der Waals surface area (Å²) in [6.07, 6.45) is -5.40. The Bertz CT molecular complexity index is 1500. The van der Waals surface area contributed by atoms with Gasteiger partial charge in [-0.15, -0.1) is 0 Å². The fraction of sp³-hybridized carbons (Fsp3) is 0.444. The summed E-state index contributed by atoms with van der Waals surface area (Å²) < 4.78 is 101. The van der Waals surface area contributed by atoms with E-state index in [1.807, 2.05) is 6.92 Å². The fourth-order valence-corrected chi connectivity index (χ4v) is 6.00. The van der Waals surface area contributed by atoms with Crippen molar-refractivity contribution in [2.24, 2.45) is 0 Å². The number of rotatable bonds is 7. The molecular weight excluding hydrogens is 652 g/mol. The van der Waals surface area contributed by atoms with E-state index in [-0.39, 0.29) is 52.6 Å². The van der Waals surface area contributed by atoms with Crippen LogP contribution in [0.5, 0.6) is 0 Å². The lowest BCUT2D eigenvalue weighted by Gasteiger charge is -2.33. The van der Waals surface area contributed by atoms with Crippen LogP contribution in [0.25, 0.3) is 16.8 Å². The minimum Gasteiger partial charge on any atom is -0.376 e. The summed E-state index contributed by atoms with van der Waals surface area (Å²) in [6.45, 7) is 2.55. The van der Waals surface area contributed by atoms with Gasteiger partial charge in [-0.25, -0.2) is 14.1 Å². The Kier molecular flexibility index (Phi) is 8.42. The van der Waals surface area contributed by atoms with E-state index in [1.165, 1.54) is 24.7 Å². The van der Waals surface area contributed by atoms with Crippen molar-refractivity contribution in [3.8, 4) is 16.8 Å². The van der Waals surface area contributed by atoms with E-state index < -0.39 is 33.6 Å². The third-order valence-electron chi connectivity index (χ3n) is 7.53. The standard InChI is InChI=1S/C27H22Cl3F7N4O2/c1-13(21-3-2-6-43-21)41(17-4-5-17)24(42)18-7-14(10-38-23(18)30)15-11-39-40(12-15)22-19(28)8-16(9-20(22)29)25(31,26(32,33)34)27(35,36)37/h7-13,17,21H,2-6H2,1H3. The van der Waals surface area contributed by atoms with E-state index >= 15 is 0 Å². The van der Waals surface area contributed by atoms with E-state index in [0.717, 1.165) is 30.4 Å². The first kappa shape index (κ1) is 31.8. The maximum absolute atomic E-state index is 14.6. The minimum absolute atomic E-state index is 0.0305. The molecule has 0 radical (unpaired) electrons. The molecule has 1 aliphatic heterocycles. The number of aromatic nitrogens is 3. The summed E-state index contributed by atoms with van der Waals surface area (Å²) in [4.78, 5) is 19.6. The smallest absolute Gasteiger partial charge is 0.376 e. The summed E-state index contributed by atoms with van der Waals surface area (Å²) in [7, 11) is 0. The van der Waals surface area contributed by atoms with Crippen LogP contribution in [0.15, 0.2) is 36.8 Å². The molecular formula is C27H22Cl3F7N4O2. The molecule has 1 amide bonds. The molecule has 232 valence electrons. The van der Waals surface area contributed by atoms with Gasteiger partial charge in [0.15, 0.2) is 0 Å². The maximum Gasteiger partial charge on any atom is 0.435 e. The number of carbonyl (C=O) groups is 1. The van der Waals surface area contributed by atoms with Crippen molar-refractivity contribution in [1.82, 2.24) is 19.7 Å². The van der Waals surface area contributed by atoms with Gasteiger partial charge < -0.3 is 9.64 Å².